The summed E-state index contributed by atoms with van der Waals surface area (Å²) in [4.78, 5) is 5.52. The number of anilines is 1. The van der Waals surface area contributed by atoms with Gasteiger partial charge in [0.1, 0.15) is 10.8 Å². The smallest absolute Gasteiger partial charge is 0.282 e. The van der Waals surface area contributed by atoms with Crippen molar-refractivity contribution in [3.63, 3.8) is 0 Å². The summed E-state index contributed by atoms with van der Waals surface area (Å²) in [6.07, 6.45) is -2.61. The van der Waals surface area contributed by atoms with Crippen LogP contribution in [0.4, 0.5) is 14.5 Å². The van der Waals surface area contributed by atoms with E-state index < -0.39 is 6.43 Å². The Balaban J connectivity index is 2.31. The fourth-order valence-electron chi connectivity index (χ4n) is 1.67. The van der Waals surface area contributed by atoms with E-state index in [9.17, 15) is 8.78 Å². The SMILES string of the molecule is FC(F)c1nc(Cl)ccc1N1CCOCC1. The van der Waals surface area contributed by atoms with Crippen molar-refractivity contribution in [2.75, 3.05) is 31.2 Å². The van der Waals surface area contributed by atoms with Crippen LogP contribution in [-0.2, 0) is 4.74 Å². The van der Waals surface area contributed by atoms with E-state index in [2.05, 4.69) is 4.98 Å². The van der Waals surface area contributed by atoms with Crippen molar-refractivity contribution < 1.29 is 13.5 Å². The van der Waals surface area contributed by atoms with Crippen molar-refractivity contribution >= 4 is 17.3 Å². The first kappa shape index (κ1) is 11.5. The summed E-state index contributed by atoms with van der Waals surface area (Å²) in [7, 11) is 0. The average molecular weight is 249 g/mol. The van der Waals surface area contributed by atoms with Crippen molar-refractivity contribution in [3.05, 3.63) is 23.0 Å². The number of nitrogens with zero attached hydrogens (tertiary/aromatic N) is 2. The highest BCUT2D eigenvalue weighted by Gasteiger charge is 2.21. The molecule has 0 spiro atoms. The van der Waals surface area contributed by atoms with Crippen LogP contribution in [0.2, 0.25) is 5.15 Å². The molecule has 0 unspecified atom stereocenters. The molecule has 1 fully saturated rings. The quantitative estimate of drug-likeness (QED) is 0.752. The molecule has 0 radical (unpaired) electrons. The third-order valence-electron chi connectivity index (χ3n) is 2.43. The summed E-state index contributed by atoms with van der Waals surface area (Å²) < 4.78 is 30.7. The molecular formula is C10H11ClF2N2O. The van der Waals surface area contributed by atoms with Gasteiger partial charge in [-0.2, -0.15) is 0 Å². The van der Waals surface area contributed by atoms with Crippen LogP contribution in [0.5, 0.6) is 0 Å². The Morgan fingerprint density at radius 3 is 2.62 bits per heavy atom. The van der Waals surface area contributed by atoms with Gasteiger partial charge >= 0.3 is 0 Å². The number of hydrogen-bond donors (Lipinski definition) is 0. The zero-order chi connectivity index (χ0) is 11.5. The number of aromatic nitrogens is 1. The second kappa shape index (κ2) is 4.93. The van der Waals surface area contributed by atoms with Gasteiger partial charge in [0, 0.05) is 13.1 Å². The highest BCUT2D eigenvalue weighted by atomic mass is 35.5. The Hall–Kier alpha value is -0.940. The molecule has 0 bridgehead atoms. The minimum Gasteiger partial charge on any atom is -0.378 e. The summed E-state index contributed by atoms with van der Waals surface area (Å²) in [6, 6.07) is 3.11. The van der Waals surface area contributed by atoms with Gasteiger partial charge in [-0.3, -0.25) is 0 Å². The molecule has 0 aromatic carbocycles. The van der Waals surface area contributed by atoms with Crippen molar-refractivity contribution in [1.82, 2.24) is 4.98 Å². The van der Waals surface area contributed by atoms with Gasteiger partial charge in [0.05, 0.1) is 18.9 Å². The van der Waals surface area contributed by atoms with E-state index in [1.165, 1.54) is 6.07 Å². The lowest BCUT2D eigenvalue weighted by atomic mass is 10.2. The van der Waals surface area contributed by atoms with Crippen LogP contribution in [0.1, 0.15) is 12.1 Å². The Morgan fingerprint density at radius 1 is 1.31 bits per heavy atom. The minimum absolute atomic E-state index is 0.0901. The summed E-state index contributed by atoms with van der Waals surface area (Å²) in [5.74, 6) is 0. The van der Waals surface area contributed by atoms with E-state index in [0.717, 1.165) is 0 Å². The number of morpholine rings is 1. The Kier molecular flexibility index (Phi) is 3.56. The van der Waals surface area contributed by atoms with Crippen molar-refractivity contribution in [2.24, 2.45) is 0 Å². The predicted octanol–water partition coefficient (Wildman–Crippen LogP) is 2.51. The summed E-state index contributed by atoms with van der Waals surface area (Å²) in [5.41, 5.74) is 0.192. The molecule has 6 heteroatoms. The summed E-state index contributed by atoms with van der Waals surface area (Å²) in [5, 5.41) is 0.0901. The number of hydrogen-bond acceptors (Lipinski definition) is 3. The molecule has 0 atom stereocenters. The van der Waals surface area contributed by atoms with Crippen LogP contribution in [0.25, 0.3) is 0 Å². The molecule has 2 heterocycles. The zero-order valence-electron chi connectivity index (χ0n) is 8.50. The molecule has 1 aromatic rings. The minimum atomic E-state index is -2.61. The fourth-order valence-corrected chi connectivity index (χ4v) is 1.83. The molecular weight excluding hydrogens is 238 g/mol. The topological polar surface area (TPSA) is 25.4 Å². The molecule has 0 aliphatic carbocycles. The maximum absolute atomic E-state index is 12.8. The first-order valence-electron chi connectivity index (χ1n) is 4.96. The van der Waals surface area contributed by atoms with Crippen molar-refractivity contribution in [2.45, 2.75) is 6.43 Å². The molecule has 88 valence electrons. The van der Waals surface area contributed by atoms with Crippen molar-refractivity contribution in [3.8, 4) is 0 Å². The number of halogens is 3. The molecule has 1 saturated heterocycles. The van der Waals surface area contributed by atoms with E-state index >= 15 is 0 Å². The summed E-state index contributed by atoms with van der Waals surface area (Å²) in [6.45, 7) is 2.29. The number of alkyl halides is 2. The van der Waals surface area contributed by atoms with E-state index in [-0.39, 0.29) is 10.8 Å². The summed E-state index contributed by atoms with van der Waals surface area (Å²) >= 11 is 5.61. The number of pyridine rings is 1. The molecule has 1 aliphatic heterocycles. The second-order valence-electron chi connectivity index (χ2n) is 3.44. The second-order valence-corrected chi connectivity index (χ2v) is 3.83. The van der Waals surface area contributed by atoms with Gasteiger partial charge in [0.25, 0.3) is 6.43 Å². The Bertz CT molecular complexity index is 370. The van der Waals surface area contributed by atoms with Crippen LogP contribution in [-0.4, -0.2) is 31.3 Å². The van der Waals surface area contributed by atoms with Gasteiger partial charge in [0.2, 0.25) is 0 Å². The molecule has 3 nitrogen and oxygen atoms in total. The lowest BCUT2D eigenvalue weighted by molar-refractivity contribution is 0.120. The van der Waals surface area contributed by atoms with E-state index in [4.69, 9.17) is 16.3 Å². The van der Waals surface area contributed by atoms with Gasteiger partial charge < -0.3 is 9.64 Å². The van der Waals surface area contributed by atoms with Gasteiger partial charge in [-0.25, -0.2) is 13.8 Å². The number of ether oxygens (including phenoxy) is 1. The molecule has 0 N–H and O–H groups in total. The number of rotatable bonds is 2. The standard InChI is InChI=1S/C10H11ClF2N2O/c11-8-2-1-7(9(14-8)10(12)13)15-3-5-16-6-4-15/h1-2,10H,3-6H2. The van der Waals surface area contributed by atoms with Gasteiger partial charge in [-0.1, -0.05) is 11.6 Å². The maximum Gasteiger partial charge on any atom is 0.282 e. The fraction of sp³-hybridized carbons (Fsp3) is 0.500. The van der Waals surface area contributed by atoms with Gasteiger partial charge in [-0.05, 0) is 12.1 Å². The Labute approximate surface area is 97.0 Å². The van der Waals surface area contributed by atoms with E-state index in [0.29, 0.717) is 32.0 Å². The largest absolute Gasteiger partial charge is 0.378 e. The lowest BCUT2D eigenvalue weighted by Crippen LogP contribution is -2.37. The van der Waals surface area contributed by atoms with E-state index in [1.54, 1.807) is 6.07 Å². The van der Waals surface area contributed by atoms with Gasteiger partial charge in [-0.15, -0.1) is 0 Å². The van der Waals surface area contributed by atoms with Crippen LogP contribution < -0.4 is 4.90 Å². The highest BCUT2D eigenvalue weighted by molar-refractivity contribution is 6.29. The normalized spacial score (nSPS) is 16.9. The molecule has 0 amide bonds. The van der Waals surface area contributed by atoms with Crippen LogP contribution in [0, 0.1) is 0 Å². The molecule has 0 saturated carbocycles. The Morgan fingerprint density at radius 2 is 2.00 bits per heavy atom. The highest BCUT2D eigenvalue weighted by Crippen LogP contribution is 2.29. The third kappa shape index (κ3) is 2.41. The molecule has 16 heavy (non-hydrogen) atoms. The van der Waals surface area contributed by atoms with E-state index in [1.807, 2.05) is 4.90 Å². The molecule has 1 aliphatic rings. The predicted molar refractivity (Wildman–Crippen MR) is 57.2 cm³/mol. The molecule has 1 aromatic heterocycles. The maximum atomic E-state index is 12.8. The van der Waals surface area contributed by atoms with Gasteiger partial charge in [0.15, 0.2) is 0 Å². The van der Waals surface area contributed by atoms with Crippen LogP contribution in [0.15, 0.2) is 12.1 Å². The third-order valence-corrected chi connectivity index (χ3v) is 2.64. The lowest BCUT2D eigenvalue weighted by Gasteiger charge is -2.30. The van der Waals surface area contributed by atoms with Crippen LogP contribution in [0.3, 0.4) is 0 Å². The first-order chi connectivity index (χ1) is 7.68. The average Bonchev–Trinajstić information content (AvgIpc) is 2.30. The zero-order valence-corrected chi connectivity index (χ0v) is 9.25. The van der Waals surface area contributed by atoms with Crippen LogP contribution >= 0.6 is 11.6 Å². The van der Waals surface area contributed by atoms with Crippen molar-refractivity contribution in [1.29, 1.82) is 0 Å². The first-order valence-corrected chi connectivity index (χ1v) is 5.33. The monoisotopic (exact) mass is 248 g/mol. The molecule has 2 rings (SSSR count).